The Morgan fingerprint density at radius 2 is 2.16 bits per heavy atom. The first kappa shape index (κ1) is 13.4. The number of carbonyl (C=O) groups is 1. The van der Waals surface area contributed by atoms with Crippen molar-refractivity contribution in [2.24, 2.45) is 5.41 Å². The van der Waals surface area contributed by atoms with E-state index in [2.05, 4.69) is 22.5 Å². The summed E-state index contributed by atoms with van der Waals surface area (Å²) >= 11 is 0. The zero-order valence-electron chi connectivity index (χ0n) is 12.1. The molecule has 4 nitrogen and oxygen atoms in total. The third kappa shape index (κ3) is 2.65. The van der Waals surface area contributed by atoms with Crippen molar-refractivity contribution < 1.29 is 4.79 Å². The van der Waals surface area contributed by atoms with Crippen LogP contribution in [-0.4, -0.2) is 49.1 Å². The molecule has 1 amide bonds. The summed E-state index contributed by atoms with van der Waals surface area (Å²) < 4.78 is 0. The third-order valence-corrected chi connectivity index (χ3v) is 5.32. The summed E-state index contributed by atoms with van der Waals surface area (Å²) in [6, 6.07) is 1.00. The van der Waals surface area contributed by atoms with Gasteiger partial charge in [0.25, 0.3) is 0 Å². The van der Waals surface area contributed by atoms with E-state index in [0.29, 0.717) is 12.1 Å². The topological polar surface area (TPSA) is 44.4 Å². The van der Waals surface area contributed by atoms with Gasteiger partial charge in [-0.25, -0.2) is 0 Å². The molecule has 0 bridgehead atoms. The molecule has 0 aromatic heterocycles. The molecular formula is C15H27N3O. The molecule has 0 spiro atoms. The highest BCUT2D eigenvalue weighted by Gasteiger charge is 2.40. The Morgan fingerprint density at radius 1 is 1.26 bits per heavy atom. The molecule has 108 valence electrons. The van der Waals surface area contributed by atoms with Gasteiger partial charge in [-0.05, 0) is 52.1 Å². The van der Waals surface area contributed by atoms with Crippen LogP contribution in [0, 0.1) is 5.41 Å². The van der Waals surface area contributed by atoms with Gasteiger partial charge in [0.15, 0.2) is 0 Å². The number of nitrogens with zero attached hydrogens (tertiary/aromatic N) is 1. The molecule has 0 radical (unpaired) electrons. The molecule has 2 N–H and O–H groups in total. The number of fused-ring (bicyclic) bond motifs is 1. The Bertz CT molecular complexity index is 338. The van der Waals surface area contributed by atoms with E-state index in [1.165, 1.54) is 32.4 Å². The van der Waals surface area contributed by atoms with Crippen LogP contribution in [0.2, 0.25) is 0 Å². The van der Waals surface area contributed by atoms with E-state index in [9.17, 15) is 4.79 Å². The minimum atomic E-state index is -0.194. The lowest BCUT2D eigenvalue weighted by Crippen LogP contribution is -2.54. The highest BCUT2D eigenvalue weighted by atomic mass is 16.2. The number of piperidine rings is 2. The van der Waals surface area contributed by atoms with Crippen LogP contribution in [0.25, 0.3) is 0 Å². The van der Waals surface area contributed by atoms with Crippen LogP contribution in [0.4, 0.5) is 0 Å². The number of hydrogen-bond donors (Lipinski definition) is 2. The van der Waals surface area contributed by atoms with E-state index in [1.807, 2.05) is 0 Å². The second-order valence-corrected chi connectivity index (χ2v) is 6.81. The van der Waals surface area contributed by atoms with Gasteiger partial charge in [0.1, 0.15) is 0 Å². The Balaban J connectivity index is 1.60. The maximum atomic E-state index is 12.6. The van der Waals surface area contributed by atoms with Crippen LogP contribution in [0.15, 0.2) is 0 Å². The largest absolute Gasteiger partial charge is 0.351 e. The van der Waals surface area contributed by atoms with E-state index in [4.69, 9.17) is 0 Å². The molecule has 3 atom stereocenters. The molecule has 3 aliphatic heterocycles. The number of hydrogen-bond acceptors (Lipinski definition) is 3. The second kappa shape index (κ2) is 5.41. The number of rotatable bonds is 2. The van der Waals surface area contributed by atoms with Crippen LogP contribution in [0.5, 0.6) is 0 Å². The fourth-order valence-corrected chi connectivity index (χ4v) is 4.01. The molecule has 0 aromatic carbocycles. The number of carbonyl (C=O) groups excluding carboxylic acids is 1. The monoisotopic (exact) mass is 265 g/mol. The third-order valence-electron chi connectivity index (χ3n) is 5.32. The molecule has 3 saturated heterocycles. The standard InChI is InChI=1S/C15H27N3O/c1-15(7-4-8-16-11-15)14(19)17-12-6-10-18-9-3-2-5-13(12)18/h12-13,16H,2-11H2,1H3,(H,17,19). The molecule has 3 heterocycles. The van der Waals surface area contributed by atoms with Crippen molar-refractivity contribution in [3.8, 4) is 0 Å². The molecule has 0 aromatic rings. The fourth-order valence-electron chi connectivity index (χ4n) is 4.01. The van der Waals surface area contributed by atoms with Crippen molar-refractivity contribution in [1.82, 2.24) is 15.5 Å². The first-order chi connectivity index (χ1) is 9.19. The lowest BCUT2D eigenvalue weighted by atomic mass is 9.81. The Morgan fingerprint density at radius 3 is 2.95 bits per heavy atom. The molecule has 19 heavy (non-hydrogen) atoms. The molecule has 0 aliphatic carbocycles. The van der Waals surface area contributed by atoms with Gasteiger partial charge >= 0.3 is 0 Å². The Labute approximate surface area is 116 Å². The van der Waals surface area contributed by atoms with E-state index in [1.54, 1.807) is 0 Å². The van der Waals surface area contributed by atoms with E-state index in [0.717, 1.165) is 32.4 Å². The average Bonchev–Trinajstić information content (AvgIpc) is 2.83. The Kier molecular flexibility index (Phi) is 3.81. The first-order valence-corrected chi connectivity index (χ1v) is 7.95. The minimum Gasteiger partial charge on any atom is -0.351 e. The number of nitrogens with one attached hydrogen (secondary N) is 2. The van der Waals surface area contributed by atoms with Gasteiger partial charge in [-0.1, -0.05) is 6.42 Å². The fraction of sp³-hybridized carbons (Fsp3) is 0.933. The summed E-state index contributed by atoms with van der Waals surface area (Å²) in [6.07, 6.45) is 7.20. The highest BCUT2D eigenvalue weighted by molar-refractivity contribution is 5.83. The van der Waals surface area contributed by atoms with Crippen molar-refractivity contribution in [3.63, 3.8) is 0 Å². The van der Waals surface area contributed by atoms with Gasteiger partial charge in [-0.15, -0.1) is 0 Å². The summed E-state index contributed by atoms with van der Waals surface area (Å²) in [5.74, 6) is 0.275. The normalized spacial score (nSPS) is 39.8. The molecule has 3 fully saturated rings. The maximum Gasteiger partial charge on any atom is 0.227 e. The highest BCUT2D eigenvalue weighted by Crippen LogP contribution is 2.30. The maximum absolute atomic E-state index is 12.6. The minimum absolute atomic E-state index is 0.194. The van der Waals surface area contributed by atoms with Crippen molar-refractivity contribution in [1.29, 1.82) is 0 Å². The van der Waals surface area contributed by atoms with Crippen LogP contribution < -0.4 is 10.6 Å². The van der Waals surface area contributed by atoms with Gasteiger partial charge in [-0.2, -0.15) is 0 Å². The predicted molar refractivity (Wildman–Crippen MR) is 76.0 cm³/mol. The summed E-state index contributed by atoms with van der Waals surface area (Å²) in [7, 11) is 0. The molecular weight excluding hydrogens is 238 g/mol. The van der Waals surface area contributed by atoms with Gasteiger partial charge in [-0.3, -0.25) is 9.69 Å². The van der Waals surface area contributed by atoms with E-state index >= 15 is 0 Å². The van der Waals surface area contributed by atoms with Crippen molar-refractivity contribution in [2.45, 2.75) is 57.5 Å². The summed E-state index contributed by atoms with van der Waals surface area (Å²) in [4.78, 5) is 15.2. The van der Waals surface area contributed by atoms with E-state index < -0.39 is 0 Å². The lowest BCUT2D eigenvalue weighted by Gasteiger charge is -2.36. The van der Waals surface area contributed by atoms with Gasteiger partial charge in [0.2, 0.25) is 5.91 Å². The first-order valence-electron chi connectivity index (χ1n) is 7.95. The molecule has 0 saturated carbocycles. The van der Waals surface area contributed by atoms with Crippen molar-refractivity contribution in [2.75, 3.05) is 26.2 Å². The lowest BCUT2D eigenvalue weighted by molar-refractivity contribution is -0.132. The number of amides is 1. The Hall–Kier alpha value is -0.610. The zero-order chi connectivity index (χ0) is 13.3. The van der Waals surface area contributed by atoms with Crippen LogP contribution in [0.1, 0.15) is 45.4 Å². The van der Waals surface area contributed by atoms with Crippen molar-refractivity contribution >= 4 is 5.91 Å². The van der Waals surface area contributed by atoms with Crippen molar-refractivity contribution in [3.05, 3.63) is 0 Å². The zero-order valence-corrected chi connectivity index (χ0v) is 12.1. The quantitative estimate of drug-likeness (QED) is 0.786. The van der Waals surface area contributed by atoms with Crippen LogP contribution in [-0.2, 0) is 4.79 Å². The van der Waals surface area contributed by atoms with Crippen LogP contribution in [0.3, 0.4) is 0 Å². The molecule has 3 unspecified atom stereocenters. The molecule has 3 aliphatic rings. The molecule has 3 rings (SSSR count). The van der Waals surface area contributed by atoms with Gasteiger partial charge < -0.3 is 10.6 Å². The van der Waals surface area contributed by atoms with Gasteiger partial charge in [0, 0.05) is 25.2 Å². The SMILES string of the molecule is CC1(C(=O)NC2CCN3CCCCC23)CCCNC1. The van der Waals surface area contributed by atoms with Crippen LogP contribution >= 0.6 is 0 Å². The predicted octanol–water partition coefficient (Wildman–Crippen LogP) is 1.12. The molecule has 4 heteroatoms. The van der Waals surface area contributed by atoms with E-state index in [-0.39, 0.29) is 11.3 Å². The van der Waals surface area contributed by atoms with Gasteiger partial charge in [0.05, 0.1) is 5.41 Å². The summed E-state index contributed by atoms with van der Waals surface area (Å²) in [5, 5.41) is 6.73. The summed E-state index contributed by atoms with van der Waals surface area (Å²) in [5.41, 5.74) is -0.194. The average molecular weight is 265 g/mol. The second-order valence-electron chi connectivity index (χ2n) is 6.81. The smallest absolute Gasteiger partial charge is 0.227 e. The summed E-state index contributed by atoms with van der Waals surface area (Å²) in [6.45, 7) is 6.41.